The molecule has 0 aliphatic carbocycles. The van der Waals surface area contributed by atoms with Gasteiger partial charge in [0.05, 0.1) is 24.4 Å². The number of hydrogen-bond donors (Lipinski definition) is 1. The third kappa shape index (κ3) is 3.95. The van der Waals surface area contributed by atoms with Crippen LogP contribution in [0.4, 0.5) is 5.95 Å². The number of nitrogens with one attached hydrogen (secondary N) is 1. The molecule has 4 rings (SSSR count). The molecule has 0 unspecified atom stereocenters. The summed E-state index contributed by atoms with van der Waals surface area (Å²) >= 11 is 6.17. The zero-order valence-corrected chi connectivity index (χ0v) is 15.7. The molecule has 144 valence electrons. The van der Waals surface area contributed by atoms with Gasteiger partial charge in [0.1, 0.15) is 0 Å². The van der Waals surface area contributed by atoms with E-state index in [4.69, 9.17) is 16.3 Å². The SMILES string of the molecule is O=C(NCc1cccnc1-n1cccn1)c1nc(N2CCOCC2)ncc1Cl. The van der Waals surface area contributed by atoms with Crippen LogP contribution in [0.25, 0.3) is 5.82 Å². The Hall–Kier alpha value is -3.04. The molecule has 28 heavy (non-hydrogen) atoms. The Morgan fingerprint density at radius 2 is 2.07 bits per heavy atom. The Labute approximate surface area is 166 Å². The van der Waals surface area contributed by atoms with Crippen molar-refractivity contribution < 1.29 is 9.53 Å². The van der Waals surface area contributed by atoms with Crippen molar-refractivity contribution in [3.05, 3.63) is 59.3 Å². The van der Waals surface area contributed by atoms with Crippen LogP contribution in [0.15, 0.2) is 43.0 Å². The number of aromatic nitrogens is 5. The highest BCUT2D eigenvalue weighted by Crippen LogP contribution is 2.18. The van der Waals surface area contributed by atoms with E-state index in [0.717, 1.165) is 5.56 Å². The molecule has 0 bridgehead atoms. The molecule has 3 aromatic heterocycles. The lowest BCUT2D eigenvalue weighted by molar-refractivity contribution is 0.0945. The van der Waals surface area contributed by atoms with E-state index < -0.39 is 0 Å². The predicted octanol–water partition coefficient (Wildman–Crippen LogP) is 1.48. The monoisotopic (exact) mass is 399 g/mol. The minimum absolute atomic E-state index is 0.141. The third-order valence-electron chi connectivity index (χ3n) is 4.27. The highest BCUT2D eigenvalue weighted by Gasteiger charge is 2.19. The lowest BCUT2D eigenvalue weighted by Gasteiger charge is -2.26. The topological polar surface area (TPSA) is 98.1 Å². The van der Waals surface area contributed by atoms with Crippen molar-refractivity contribution in [3.63, 3.8) is 0 Å². The summed E-state index contributed by atoms with van der Waals surface area (Å²) in [7, 11) is 0. The van der Waals surface area contributed by atoms with Gasteiger partial charge in [-0.25, -0.2) is 19.6 Å². The van der Waals surface area contributed by atoms with Crippen LogP contribution in [0, 0.1) is 0 Å². The van der Waals surface area contributed by atoms with Crippen molar-refractivity contribution in [3.8, 4) is 5.82 Å². The summed E-state index contributed by atoms with van der Waals surface area (Å²) in [6, 6.07) is 5.50. The van der Waals surface area contributed by atoms with Crippen LogP contribution in [-0.4, -0.2) is 56.9 Å². The number of morpholine rings is 1. The summed E-state index contributed by atoms with van der Waals surface area (Å²) in [5.41, 5.74) is 0.959. The van der Waals surface area contributed by atoms with Gasteiger partial charge in [0.25, 0.3) is 5.91 Å². The molecule has 9 nitrogen and oxygen atoms in total. The van der Waals surface area contributed by atoms with Gasteiger partial charge in [-0.15, -0.1) is 0 Å². The second-order valence-corrected chi connectivity index (χ2v) is 6.49. The Morgan fingerprint density at radius 3 is 2.86 bits per heavy atom. The van der Waals surface area contributed by atoms with Crippen molar-refractivity contribution >= 4 is 23.5 Å². The molecule has 1 fully saturated rings. The molecular formula is C18H18ClN7O2. The van der Waals surface area contributed by atoms with Crippen LogP contribution in [-0.2, 0) is 11.3 Å². The number of carbonyl (C=O) groups is 1. The smallest absolute Gasteiger partial charge is 0.271 e. The molecule has 3 aromatic rings. The number of amides is 1. The minimum atomic E-state index is -0.378. The highest BCUT2D eigenvalue weighted by atomic mass is 35.5. The van der Waals surface area contributed by atoms with Gasteiger partial charge in [0, 0.05) is 43.8 Å². The predicted molar refractivity (Wildman–Crippen MR) is 103 cm³/mol. The number of ether oxygens (including phenoxy) is 1. The molecule has 0 saturated carbocycles. The second kappa shape index (κ2) is 8.32. The maximum Gasteiger partial charge on any atom is 0.271 e. The van der Waals surface area contributed by atoms with E-state index in [9.17, 15) is 4.79 Å². The average molecular weight is 400 g/mol. The molecule has 0 atom stereocenters. The third-order valence-corrected chi connectivity index (χ3v) is 4.55. The van der Waals surface area contributed by atoms with Crippen LogP contribution in [0.2, 0.25) is 5.02 Å². The summed E-state index contributed by atoms with van der Waals surface area (Å²) in [5.74, 6) is 0.740. The molecule has 1 amide bonds. The maximum atomic E-state index is 12.7. The first-order valence-corrected chi connectivity index (χ1v) is 9.17. The van der Waals surface area contributed by atoms with Crippen molar-refractivity contribution in [1.29, 1.82) is 0 Å². The van der Waals surface area contributed by atoms with Gasteiger partial charge < -0.3 is 15.0 Å². The molecule has 1 aliphatic rings. The summed E-state index contributed by atoms with van der Waals surface area (Å²) in [6.07, 6.45) is 6.60. The van der Waals surface area contributed by atoms with Crippen LogP contribution < -0.4 is 10.2 Å². The fraction of sp³-hybridized carbons (Fsp3) is 0.278. The second-order valence-electron chi connectivity index (χ2n) is 6.09. The van der Waals surface area contributed by atoms with E-state index in [-0.39, 0.29) is 23.2 Å². The van der Waals surface area contributed by atoms with Gasteiger partial charge in [-0.2, -0.15) is 5.10 Å². The van der Waals surface area contributed by atoms with E-state index in [2.05, 4.69) is 25.4 Å². The van der Waals surface area contributed by atoms with Crippen LogP contribution in [0.5, 0.6) is 0 Å². The normalized spacial score (nSPS) is 14.1. The van der Waals surface area contributed by atoms with Crippen molar-refractivity contribution in [1.82, 2.24) is 30.0 Å². The first-order chi connectivity index (χ1) is 13.7. The van der Waals surface area contributed by atoms with Gasteiger partial charge in [0.15, 0.2) is 11.5 Å². The molecule has 1 N–H and O–H groups in total. The van der Waals surface area contributed by atoms with Crippen LogP contribution >= 0.6 is 11.6 Å². The Bertz CT molecular complexity index is 958. The molecule has 1 aliphatic heterocycles. The quantitative estimate of drug-likeness (QED) is 0.693. The number of pyridine rings is 1. The number of carbonyl (C=O) groups excluding carboxylic acids is 1. The van der Waals surface area contributed by atoms with Crippen molar-refractivity contribution in [2.45, 2.75) is 6.54 Å². The molecule has 4 heterocycles. The fourth-order valence-corrected chi connectivity index (χ4v) is 3.04. The first-order valence-electron chi connectivity index (χ1n) is 8.80. The summed E-state index contributed by atoms with van der Waals surface area (Å²) in [6.45, 7) is 2.81. The molecular weight excluding hydrogens is 382 g/mol. The largest absolute Gasteiger partial charge is 0.378 e. The summed E-state index contributed by atoms with van der Waals surface area (Å²) in [4.78, 5) is 27.6. The highest BCUT2D eigenvalue weighted by molar-refractivity contribution is 6.33. The van der Waals surface area contributed by atoms with E-state index in [0.29, 0.717) is 38.1 Å². The maximum absolute atomic E-state index is 12.7. The standard InChI is InChI=1S/C18H18ClN7O2/c19-14-12-22-18(25-7-9-28-10-8-25)24-15(14)17(27)21-11-13-3-1-4-20-16(13)26-6-2-5-23-26/h1-6,12H,7-11H2,(H,21,27). The van der Waals surface area contributed by atoms with E-state index in [1.165, 1.54) is 6.20 Å². The number of nitrogens with zero attached hydrogens (tertiary/aromatic N) is 6. The molecule has 0 aromatic carbocycles. The number of anilines is 1. The summed E-state index contributed by atoms with van der Waals surface area (Å²) in [5, 5.41) is 7.25. The van der Waals surface area contributed by atoms with Crippen molar-refractivity contribution in [2.24, 2.45) is 0 Å². The van der Waals surface area contributed by atoms with Gasteiger partial charge in [-0.3, -0.25) is 4.79 Å². The summed E-state index contributed by atoms with van der Waals surface area (Å²) < 4.78 is 6.98. The van der Waals surface area contributed by atoms with Gasteiger partial charge in [0.2, 0.25) is 5.95 Å². The first kappa shape index (κ1) is 18.3. The van der Waals surface area contributed by atoms with Gasteiger partial charge in [-0.1, -0.05) is 17.7 Å². The van der Waals surface area contributed by atoms with Crippen LogP contribution in [0.1, 0.15) is 16.1 Å². The fourth-order valence-electron chi connectivity index (χ4n) is 2.86. The average Bonchev–Trinajstić information content (AvgIpc) is 3.28. The zero-order chi connectivity index (χ0) is 19.3. The van der Waals surface area contributed by atoms with E-state index in [1.807, 2.05) is 23.1 Å². The number of rotatable bonds is 5. The minimum Gasteiger partial charge on any atom is -0.378 e. The number of hydrogen-bond acceptors (Lipinski definition) is 7. The molecule has 0 radical (unpaired) electrons. The van der Waals surface area contributed by atoms with E-state index >= 15 is 0 Å². The lowest BCUT2D eigenvalue weighted by Crippen LogP contribution is -2.37. The van der Waals surface area contributed by atoms with Crippen molar-refractivity contribution in [2.75, 3.05) is 31.2 Å². The molecule has 1 saturated heterocycles. The lowest BCUT2D eigenvalue weighted by atomic mass is 10.2. The molecule has 0 spiro atoms. The van der Waals surface area contributed by atoms with Crippen LogP contribution in [0.3, 0.4) is 0 Å². The Morgan fingerprint density at radius 1 is 1.21 bits per heavy atom. The van der Waals surface area contributed by atoms with E-state index in [1.54, 1.807) is 23.3 Å². The zero-order valence-electron chi connectivity index (χ0n) is 15.0. The Balaban J connectivity index is 1.50. The van der Waals surface area contributed by atoms with Gasteiger partial charge in [-0.05, 0) is 12.1 Å². The number of halogens is 1. The molecule has 10 heteroatoms. The van der Waals surface area contributed by atoms with Gasteiger partial charge >= 0.3 is 0 Å². The Kier molecular flexibility index (Phi) is 5.45.